The SMILES string of the molecule is C=c1[nH]c(=O)nc2c1=Nc1cc(C)c3cc1N2CCC/C=C/C=C/CCCC3. The molecule has 4 rings (SSSR count). The van der Waals surface area contributed by atoms with Crippen LogP contribution in [-0.4, -0.2) is 16.5 Å². The lowest BCUT2D eigenvalue weighted by molar-refractivity contribution is 0.744. The summed E-state index contributed by atoms with van der Waals surface area (Å²) in [5.74, 6) is 0.615. The number of aromatic nitrogens is 2. The highest BCUT2D eigenvalue weighted by molar-refractivity contribution is 5.77. The van der Waals surface area contributed by atoms with Crippen molar-refractivity contribution < 1.29 is 0 Å². The number of allylic oxidation sites excluding steroid dienone is 4. The number of aromatic amines is 1. The third-order valence-corrected chi connectivity index (χ3v) is 5.38. The molecule has 2 aromatic rings. The first kappa shape index (κ1) is 18.4. The van der Waals surface area contributed by atoms with Gasteiger partial charge in [-0.25, -0.2) is 9.79 Å². The van der Waals surface area contributed by atoms with Crippen LogP contribution in [0.25, 0.3) is 6.58 Å². The molecule has 0 saturated heterocycles. The number of fused-ring (bicyclic) bond motifs is 3. The third kappa shape index (κ3) is 3.70. The van der Waals surface area contributed by atoms with Gasteiger partial charge in [-0.15, -0.1) is 0 Å². The summed E-state index contributed by atoms with van der Waals surface area (Å²) < 4.78 is 0. The first-order chi connectivity index (χ1) is 13.6. The zero-order chi connectivity index (χ0) is 19.5. The molecule has 5 heteroatoms. The lowest BCUT2D eigenvalue weighted by Crippen LogP contribution is -2.42. The molecule has 5 nitrogen and oxygen atoms in total. The quantitative estimate of drug-likeness (QED) is 0.768. The van der Waals surface area contributed by atoms with E-state index in [1.54, 1.807) is 0 Å². The first-order valence-corrected chi connectivity index (χ1v) is 10.0. The van der Waals surface area contributed by atoms with Gasteiger partial charge in [0.1, 0.15) is 5.36 Å². The number of hydrogen-bond acceptors (Lipinski definition) is 4. The fourth-order valence-corrected chi connectivity index (χ4v) is 3.86. The Morgan fingerprint density at radius 3 is 2.71 bits per heavy atom. The van der Waals surface area contributed by atoms with Gasteiger partial charge in [0.15, 0.2) is 5.82 Å². The molecule has 0 amide bonds. The summed E-state index contributed by atoms with van der Waals surface area (Å²) in [6, 6.07) is 4.40. The molecule has 3 heterocycles. The van der Waals surface area contributed by atoms with Crippen molar-refractivity contribution in [2.24, 2.45) is 4.99 Å². The summed E-state index contributed by atoms with van der Waals surface area (Å²) in [7, 11) is 0. The van der Waals surface area contributed by atoms with Gasteiger partial charge in [-0.1, -0.05) is 30.9 Å². The highest BCUT2D eigenvalue weighted by Crippen LogP contribution is 2.37. The fraction of sp³-hybridized carbons (Fsp3) is 0.348. The van der Waals surface area contributed by atoms with Crippen molar-refractivity contribution in [1.82, 2.24) is 9.97 Å². The molecule has 2 aliphatic heterocycles. The van der Waals surface area contributed by atoms with E-state index in [0.29, 0.717) is 16.5 Å². The lowest BCUT2D eigenvalue weighted by atomic mass is 9.99. The average Bonchev–Trinajstić information content (AvgIpc) is 2.66. The van der Waals surface area contributed by atoms with E-state index in [0.717, 1.165) is 50.0 Å². The van der Waals surface area contributed by atoms with Gasteiger partial charge in [0.25, 0.3) is 0 Å². The van der Waals surface area contributed by atoms with E-state index in [2.05, 4.69) is 64.8 Å². The second kappa shape index (κ2) is 7.97. The Morgan fingerprint density at radius 1 is 1.11 bits per heavy atom. The molecule has 28 heavy (non-hydrogen) atoms. The summed E-state index contributed by atoms with van der Waals surface area (Å²) in [4.78, 5) is 25.9. The molecule has 1 aromatic heterocycles. The van der Waals surface area contributed by atoms with Gasteiger partial charge in [-0.05, 0) is 68.7 Å². The summed E-state index contributed by atoms with van der Waals surface area (Å²) in [5, 5.41) is 1.18. The largest absolute Gasteiger partial charge is 0.347 e. The van der Waals surface area contributed by atoms with Gasteiger partial charge in [0.05, 0.1) is 16.7 Å². The second-order valence-electron chi connectivity index (χ2n) is 7.47. The van der Waals surface area contributed by atoms with Crippen LogP contribution in [0.5, 0.6) is 0 Å². The molecular formula is C23H26N4O. The zero-order valence-corrected chi connectivity index (χ0v) is 16.4. The van der Waals surface area contributed by atoms with E-state index >= 15 is 0 Å². The van der Waals surface area contributed by atoms with Crippen LogP contribution in [0.3, 0.4) is 0 Å². The van der Waals surface area contributed by atoms with Crippen LogP contribution < -0.4 is 21.3 Å². The predicted octanol–water partition coefficient (Wildman–Crippen LogP) is 3.51. The van der Waals surface area contributed by atoms with Crippen molar-refractivity contribution >= 4 is 23.8 Å². The van der Waals surface area contributed by atoms with E-state index in [-0.39, 0.29) is 5.69 Å². The maximum absolute atomic E-state index is 12.0. The van der Waals surface area contributed by atoms with Crippen molar-refractivity contribution in [3.05, 3.63) is 68.8 Å². The van der Waals surface area contributed by atoms with Gasteiger partial charge >= 0.3 is 5.69 Å². The molecule has 144 valence electrons. The predicted molar refractivity (Wildman–Crippen MR) is 114 cm³/mol. The Hall–Kier alpha value is -2.95. The van der Waals surface area contributed by atoms with Crippen LogP contribution in [0.2, 0.25) is 0 Å². The number of rotatable bonds is 0. The molecule has 2 aliphatic rings. The van der Waals surface area contributed by atoms with Gasteiger partial charge < -0.3 is 9.88 Å². The standard InChI is InChI=1S/C23H26N4O/c1-16-14-19-20-15-18(16)12-10-8-6-4-3-5-7-9-11-13-27(20)22-21(25-19)17(2)24-23(28)26-22/h3-5,7,14-15H,2,6,8-13H2,1H3,(H,24,28)/b4-3+,7-5+. The van der Waals surface area contributed by atoms with E-state index in [4.69, 9.17) is 4.99 Å². The molecular weight excluding hydrogens is 348 g/mol. The summed E-state index contributed by atoms with van der Waals surface area (Å²) in [5.41, 5.74) is 4.20. The molecule has 1 aromatic carbocycles. The van der Waals surface area contributed by atoms with Crippen molar-refractivity contribution in [1.29, 1.82) is 0 Å². The summed E-state index contributed by atoms with van der Waals surface area (Å²) in [6.07, 6.45) is 15.2. The second-order valence-corrected chi connectivity index (χ2v) is 7.47. The minimum atomic E-state index is -0.379. The highest BCUT2D eigenvalue weighted by atomic mass is 16.1. The molecule has 0 spiro atoms. The number of nitrogens with zero attached hydrogens (tertiary/aromatic N) is 3. The highest BCUT2D eigenvalue weighted by Gasteiger charge is 2.23. The average molecular weight is 374 g/mol. The van der Waals surface area contributed by atoms with Crippen molar-refractivity contribution in [2.75, 3.05) is 11.4 Å². The van der Waals surface area contributed by atoms with Crippen LogP contribution in [0.4, 0.5) is 17.2 Å². The molecule has 0 fully saturated rings. The Morgan fingerprint density at radius 2 is 1.89 bits per heavy atom. The zero-order valence-electron chi connectivity index (χ0n) is 16.4. The lowest BCUT2D eigenvalue weighted by Gasteiger charge is -2.29. The smallest absolute Gasteiger partial charge is 0.322 e. The number of anilines is 2. The molecule has 0 aliphatic carbocycles. The van der Waals surface area contributed by atoms with Gasteiger partial charge in [-0.3, -0.25) is 0 Å². The molecule has 0 saturated carbocycles. The summed E-state index contributed by atoms with van der Waals surface area (Å²) >= 11 is 0. The van der Waals surface area contributed by atoms with E-state index in [1.807, 2.05) is 0 Å². The first-order valence-electron chi connectivity index (χ1n) is 10.0. The van der Waals surface area contributed by atoms with Crippen LogP contribution in [0.15, 0.2) is 46.2 Å². The Labute approximate surface area is 164 Å². The maximum Gasteiger partial charge on any atom is 0.347 e. The molecule has 2 bridgehead atoms. The normalized spacial score (nSPS) is 19.0. The van der Waals surface area contributed by atoms with Gasteiger partial charge in [0, 0.05) is 6.54 Å². The van der Waals surface area contributed by atoms with Crippen molar-refractivity contribution in [3.63, 3.8) is 0 Å². The number of benzene rings is 1. The van der Waals surface area contributed by atoms with Crippen LogP contribution in [-0.2, 0) is 6.42 Å². The monoisotopic (exact) mass is 374 g/mol. The number of aryl methyl sites for hydroxylation is 2. The van der Waals surface area contributed by atoms with Crippen molar-refractivity contribution in [3.8, 4) is 0 Å². The fourth-order valence-electron chi connectivity index (χ4n) is 3.86. The maximum atomic E-state index is 12.0. The van der Waals surface area contributed by atoms with Crippen LogP contribution >= 0.6 is 0 Å². The van der Waals surface area contributed by atoms with E-state index in [1.165, 1.54) is 17.5 Å². The van der Waals surface area contributed by atoms with Crippen molar-refractivity contribution in [2.45, 2.75) is 45.4 Å². The molecule has 0 radical (unpaired) electrons. The molecule has 0 atom stereocenters. The minimum absolute atomic E-state index is 0.379. The van der Waals surface area contributed by atoms with E-state index in [9.17, 15) is 4.79 Å². The number of hydrogen-bond donors (Lipinski definition) is 1. The van der Waals surface area contributed by atoms with Gasteiger partial charge in [0.2, 0.25) is 0 Å². The van der Waals surface area contributed by atoms with E-state index < -0.39 is 0 Å². The van der Waals surface area contributed by atoms with Crippen LogP contribution in [0, 0.1) is 6.92 Å². The van der Waals surface area contributed by atoms with Gasteiger partial charge in [-0.2, -0.15) is 4.98 Å². The number of H-pyrrole nitrogens is 1. The third-order valence-electron chi connectivity index (χ3n) is 5.38. The Balaban J connectivity index is 1.84. The molecule has 0 unspecified atom stereocenters. The molecule has 1 N–H and O–H groups in total. The Kier molecular flexibility index (Phi) is 5.24. The number of nitrogens with one attached hydrogen (secondary N) is 1. The minimum Gasteiger partial charge on any atom is -0.322 e. The summed E-state index contributed by atoms with van der Waals surface area (Å²) in [6.45, 7) is 6.91. The van der Waals surface area contributed by atoms with Crippen LogP contribution in [0.1, 0.15) is 43.2 Å². The Bertz CT molecular complexity index is 1110. The topological polar surface area (TPSA) is 61.4 Å².